The number of ether oxygens (including phenoxy) is 2. The van der Waals surface area contributed by atoms with Gasteiger partial charge in [-0.15, -0.1) is 0 Å². The summed E-state index contributed by atoms with van der Waals surface area (Å²) in [6, 6.07) is 11.5. The highest BCUT2D eigenvalue weighted by Crippen LogP contribution is 2.21. The topological polar surface area (TPSA) is 119 Å². The molecule has 2 aromatic carbocycles. The third-order valence-electron chi connectivity index (χ3n) is 5.23. The average Bonchev–Trinajstić information content (AvgIpc) is 3.13. The molecule has 1 heterocycles. The van der Waals surface area contributed by atoms with Gasteiger partial charge >= 0.3 is 5.97 Å². The van der Waals surface area contributed by atoms with Crippen molar-refractivity contribution >= 4 is 27.8 Å². The van der Waals surface area contributed by atoms with Crippen LogP contribution in [0.3, 0.4) is 0 Å². The van der Waals surface area contributed by atoms with Gasteiger partial charge in [-0.05, 0) is 61.4 Å². The van der Waals surface area contributed by atoms with Crippen LogP contribution in [0.5, 0.6) is 5.75 Å². The third-order valence-corrected chi connectivity index (χ3v) is 7.15. The maximum absolute atomic E-state index is 12.8. The lowest BCUT2D eigenvalue weighted by Crippen LogP contribution is -2.34. The average molecular weight is 475 g/mol. The van der Waals surface area contributed by atoms with Crippen molar-refractivity contribution < 1.29 is 32.3 Å². The van der Waals surface area contributed by atoms with E-state index in [1.165, 1.54) is 47.8 Å². The molecule has 2 aromatic rings. The fraction of sp³-hybridized carbons (Fsp3) is 0.348. The molecular formula is C23H26N2O7S. The van der Waals surface area contributed by atoms with Gasteiger partial charge in [-0.3, -0.25) is 14.9 Å². The number of hydrogen-bond donors (Lipinski definition) is 1. The van der Waals surface area contributed by atoms with Gasteiger partial charge in [0.15, 0.2) is 6.61 Å². The fourth-order valence-corrected chi connectivity index (χ4v) is 4.90. The van der Waals surface area contributed by atoms with Gasteiger partial charge in [0.1, 0.15) is 5.75 Å². The van der Waals surface area contributed by atoms with Crippen molar-refractivity contribution in [2.24, 2.45) is 0 Å². The zero-order valence-electron chi connectivity index (χ0n) is 18.3. The first-order valence-electron chi connectivity index (χ1n) is 10.6. The minimum absolute atomic E-state index is 0.0964. The van der Waals surface area contributed by atoms with Gasteiger partial charge in [0.05, 0.1) is 17.6 Å². The maximum Gasteiger partial charge on any atom is 0.338 e. The van der Waals surface area contributed by atoms with Gasteiger partial charge in [0.2, 0.25) is 10.0 Å². The van der Waals surface area contributed by atoms with Crippen molar-refractivity contribution in [1.82, 2.24) is 9.62 Å². The summed E-state index contributed by atoms with van der Waals surface area (Å²) < 4.78 is 37.0. The second-order valence-corrected chi connectivity index (χ2v) is 9.46. The van der Waals surface area contributed by atoms with Gasteiger partial charge in [-0.25, -0.2) is 13.2 Å². The molecule has 1 N–H and O–H groups in total. The Morgan fingerprint density at radius 1 is 0.879 bits per heavy atom. The Kier molecular flexibility index (Phi) is 8.18. The van der Waals surface area contributed by atoms with Crippen LogP contribution in [-0.2, 0) is 19.6 Å². The molecule has 0 spiro atoms. The molecule has 10 heteroatoms. The molecule has 1 aliphatic rings. The molecule has 176 valence electrons. The maximum atomic E-state index is 12.8. The number of carbonyl (C=O) groups excluding carboxylic acids is 3. The van der Waals surface area contributed by atoms with Gasteiger partial charge in [0, 0.05) is 18.7 Å². The molecule has 3 rings (SSSR count). The highest BCUT2D eigenvalue weighted by atomic mass is 32.2. The number of amides is 2. The van der Waals surface area contributed by atoms with Gasteiger partial charge in [0.25, 0.3) is 11.8 Å². The molecule has 0 unspecified atom stereocenters. The third kappa shape index (κ3) is 6.39. The van der Waals surface area contributed by atoms with E-state index in [2.05, 4.69) is 5.32 Å². The molecule has 0 atom stereocenters. The van der Waals surface area contributed by atoms with Crippen LogP contribution in [-0.4, -0.2) is 57.3 Å². The molecule has 33 heavy (non-hydrogen) atoms. The van der Waals surface area contributed by atoms with E-state index in [4.69, 9.17) is 9.47 Å². The second-order valence-electron chi connectivity index (χ2n) is 7.52. The molecule has 0 saturated carbocycles. The van der Waals surface area contributed by atoms with Crippen LogP contribution in [0.1, 0.15) is 46.4 Å². The van der Waals surface area contributed by atoms with Gasteiger partial charge < -0.3 is 9.47 Å². The number of sulfonamides is 1. The van der Waals surface area contributed by atoms with E-state index < -0.39 is 34.4 Å². The van der Waals surface area contributed by atoms with Crippen LogP contribution in [0.4, 0.5) is 0 Å². The summed E-state index contributed by atoms with van der Waals surface area (Å²) in [6.45, 7) is 0.307. The van der Waals surface area contributed by atoms with Crippen LogP contribution in [0.25, 0.3) is 0 Å². The first kappa shape index (κ1) is 24.4. The summed E-state index contributed by atoms with van der Waals surface area (Å²) in [5, 5.41) is 2.13. The quantitative estimate of drug-likeness (QED) is 0.612. The summed E-state index contributed by atoms with van der Waals surface area (Å²) in [5.41, 5.74) is 0.343. The van der Waals surface area contributed by atoms with Crippen LogP contribution in [0.2, 0.25) is 0 Å². The monoisotopic (exact) mass is 474 g/mol. The van der Waals surface area contributed by atoms with Gasteiger partial charge in [-0.2, -0.15) is 4.31 Å². The molecule has 0 bridgehead atoms. The smallest absolute Gasteiger partial charge is 0.338 e. The molecule has 1 fully saturated rings. The Labute approximate surface area is 192 Å². The van der Waals surface area contributed by atoms with Crippen LogP contribution in [0, 0.1) is 0 Å². The van der Waals surface area contributed by atoms with Crippen molar-refractivity contribution in [2.45, 2.75) is 30.6 Å². The number of rotatable bonds is 7. The Balaban J connectivity index is 1.53. The fourth-order valence-electron chi connectivity index (χ4n) is 3.39. The van der Waals surface area contributed by atoms with E-state index >= 15 is 0 Å². The summed E-state index contributed by atoms with van der Waals surface area (Å²) in [4.78, 5) is 36.4. The van der Waals surface area contributed by atoms with Crippen molar-refractivity contribution in [3.05, 3.63) is 59.7 Å². The molecule has 1 aliphatic heterocycles. The number of nitrogens with one attached hydrogen (secondary N) is 1. The number of methoxy groups -OCH3 is 1. The highest BCUT2D eigenvalue weighted by Gasteiger charge is 2.25. The van der Waals surface area contributed by atoms with Gasteiger partial charge in [-0.1, -0.05) is 12.8 Å². The predicted molar refractivity (Wildman–Crippen MR) is 119 cm³/mol. The summed E-state index contributed by atoms with van der Waals surface area (Å²) >= 11 is 0. The van der Waals surface area contributed by atoms with E-state index in [9.17, 15) is 22.8 Å². The number of benzene rings is 2. The Morgan fingerprint density at radius 3 is 2.03 bits per heavy atom. The van der Waals surface area contributed by atoms with E-state index in [1.54, 1.807) is 12.1 Å². The number of carbonyl (C=O) groups is 3. The van der Waals surface area contributed by atoms with Crippen molar-refractivity contribution in [1.29, 1.82) is 0 Å². The molecule has 2 amide bonds. The van der Waals surface area contributed by atoms with Crippen LogP contribution < -0.4 is 10.1 Å². The van der Waals surface area contributed by atoms with Crippen molar-refractivity contribution in [3.8, 4) is 5.75 Å². The largest absolute Gasteiger partial charge is 0.497 e. The zero-order chi connectivity index (χ0) is 23.8. The minimum atomic E-state index is -3.63. The summed E-state index contributed by atoms with van der Waals surface area (Å²) in [6.07, 6.45) is 3.67. The number of esters is 1. The standard InChI is InChI=1S/C23H26N2O7S/c1-31-19-10-6-17(7-11-19)22(27)24-21(26)16-32-23(28)18-8-12-20(13-9-18)33(29,30)25-14-4-2-3-5-15-25/h6-13H,2-5,14-16H2,1H3,(H,24,26,27). The van der Waals surface area contributed by atoms with Crippen molar-refractivity contribution in [3.63, 3.8) is 0 Å². The molecule has 0 aliphatic carbocycles. The van der Waals surface area contributed by atoms with Crippen molar-refractivity contribution in [2.75, 3.05) is 26.8 Å². The van der Waals surface area contributed by atoms with E-state index in [1.807, 2.05) is 0 Å². The number of imide groups is 1. The lowest BCUT2D eigenvalue weighted by Gasteiger charge is -2.19. The van der Waals surface area contributed by atoms with Crippen LogP contribution in [0.15, 0.2) is 53.4 Å². The lowest BCUT2D eigenvalue weighted by atomic mass is 10.2. The van der Waals surface area contributed by atoms with E-state index in [0.717, 1.165) is 25.7 Å². The molecular weight excluding hydrogens is 448 g/mol. The number of hydrogen-bond acceptors (Lipinski definition) is 7. The molecule has 0 aromatic heterocycles. The number of nitrogens with zero attached hydrogens (tertiary/aromatic N) is 1. The summed E-state index contributed by atoms with van der Waals surface area (Å²) in [7, 11) is -2.13. The first-order valence-corrected chi connectivity index (χ1v) is 12.0. The first-order chi connectivity index (χ1) is 15.8. The predicted octanol–water partition coefficient (Wildman–Crippen LogP) is 2.37. The minimum Gasteiger partial charge on any atom is -0.497 e. The lowest BCUT2D eigenvalue weighted by molar-refractivity contribution is -0.123. The normalized spacial score (nSPS) is 14.7. The van der Waals surface area contributed by atoms with Crippen LogP contribution >= 0.6 is 0 Å². The molecule has 9 nitrogen and oxygen atoms in total. The Bertz CT molecular complexity index is 1090. The van der Waals surface area contributed by atoms with E-state index in [0.29, 0.717) is 18.8 Å². The molecule has 0 radical (unpaired) electrons. The molecule has 1 saturated heterocycles. The second kappa shape index (κ2) is 11.1. The zero-order valence-corrected chi connectivity index (χ0v) is 19.1. The Morgan fingerprint density at radius 2 is 1.45 bits per heavy atom. The summed E-state index contributed by atoms with van der Waals surface area (Å²) in [5.74, 6) is -1.66. The SMILES string of the molecule is COc1ccc(C(=O)NC(=O)COC(=O)c2ccc(S(=O)(=O)N3CCCCCC3)cc2)cc1. The van der Waals surface area contributed by atoms with E-state index in [-0.39, 0.29) is 16.0 Å². The highest BCUT2D eigenvalue weighted by molar-refractivity contribution is 7.89. The Hall–Kier alpha value is -3.24.